The molecule has 0 aromatic carbocycles. The van der Waals surface area contributed by atoms with E-state index in [4.69, 9.17) is 0 Å². The third-order valence-corrected chi connectivity index (χ3v) is 3.17. The highest BCUT2D eigenvalue weighted by molar-refractivity contribution is 5.84. The molecule has 1 rings (SSSR count). The van der Waals surface area contributed by atoms with Crippen LogP contribution in [-0.4, -0.2) is 16.5 Å². The number of hydrogen-bond acceptors (Lipinski definition) is 2. The first-order valence-electron chi connectivity index (χ1n) is 4.82. The predicted molar refractivity (Wildman–Crippen MR) is 47.9 cm³/mol. The van der Waals surface area contributed by atoms with Crippen molar-refractivity contribution in [1.82, 2.24) is 0 Å². The van der Waals surface area contributed by atoms with Crippen molar-refractivity contribution in [3.05, 3.63) is 0 Å². The lowest BCUT2D eigenvalue weighted by molar-refractivity contribution is -0.139. The van der Waals surface area contributed by atoms with Crippen molar-refractivity contribution in [2.45, 2.75) is 51.6 Å². The summed E-state index contributed by atoms with van der Waals surface area (Å²) in [6, 6.07) is 0. The van der Waals surface area contributed by atoms with Gasteiger partial charge in [0.05, 0.1) is 0 Å². The summed E-state index contributed by atoms with van der Waals surface area (Å²) in [6.45, 7) is 3.66. The van der Waals surface area contributed by atoms with E-state index in [1.54, 1.807) is 0 Å². The van der Waals surface area contributed by atoms with Crippen LogP contribution in [0.5, 0.6) is 0 Å². The Balaban J connectivity index is 2.49. The molecular weight excluding hydrogens is 152 g/mol. The standard InChI is InChI=1S/C10H18O2/c1-3-9-4-6-10(12,7-5-9)8(2)11/h9,12H,3-7H2,1-2H3. The van der Waals surface area contributed by atoms with Gasteiger partial charge < -0.3 is 5.11 Å². The largest absolute Gasteiger partial charge is 0.382 e. The second kappa shape index (κ2) is 3.56. The first-order chi connectivity index (χ1) is 5.58. The van der Waals surface area contributed by atoms with Gasteiger partial charge in [0, 0.05) is 0 Å². The fourth-order valence-electron chi connectivity index (χ4n) is 1.92. The highest BCUT2D eigenvalue weighted by Gasteiger charge is 2.36. The van der Waals surface area contributed by atoms with Crippen molar-refractivity contribution < 1.29 is 9.90 Å². The fraction of sp³-hybridized carbons (Fsp3) is 0.900. The molecule has 1 N–H and O–H groups in total. The third kappa shape index (κ3) is 1.86. The molecule has 2 nitrogen and oxygen atoms in total. The number of carbonyl (C=O) groups is 1. The lowest BCUT2D eigenvalue weighted by Gasteiger charge is -2.33. The monoisotopic (exact) mass is 170 g/mol. The number of ketones is 1. The molecule has 1 saturated carbocycles. The Labute approximate surface area is 74.0 Å². The summed E-state index contributed by atoms with van der Waals surface area (Å²) in [5.74, 6) is 0.668. The molecule has 0 spiro atoms. The van der Waals surface area contributed by atoms with Gasteiger partial charge in [-0.05, 0) is 38.5 Å². The molecule has 0 atom stereocenters. The molecule has 70 valence electrons. The number of carbonyl (C=O) groups excluding carboxylic acids is 1. The van der Waals surface area contributed by atoms with Crippen LogP contribution in [-0.2, 0) is 4.79 Å². The van der Waals surface area contributed by atoms with Gasteiger partial charge in [-0.1, -0.05) is 13.3 Å². The molecule has 1 aliphatic rings. The highest BCUT2D eigenvalue weighted by Crippen LogP contribution is 2.33. The second-order valence-electron chi connectivity index (χ2n) is 3.94. The van der Waals surface area contributed by atoms with Gasteiger partial charge in [0.25, 0.3) is 0 Å². The molecule has 0 amide bonds. The Morgan fingerprint density at radius 1 is 1.50 bits per heavy atom. The van der Waals surface area contributed by atoms with Crippen molar-refractivity contribution in [3.8, 4) is 0 Å². The van der Waals surface area contributed by atoms with Crippen molar-refractivity contribution >= 4 is 5.78 Å². The molecule has 0 aromatic rings. The van der Waals surface area contributed by atoms with E-state index >= 15 is 0 Å². The van der Waals surface area contributed by atoms with E-state index in [1.165, 1.54) is 13.3 Å². The molecule has 0 aliphatic heterocycles. The Morgan fingerprint density at radius 2 is 2.00 bits per heavy atom. The number of aliphatic hydroxyl groups is 1. The van der Waals surface area contributed by atoms with Crippen LogP contribution in [0.1, 0.15) is 46.0 Å². The normalized spacial score (nSPS) is 36.4. The van der Waals surface area contributed by atoms with Gasteiger partial charge in [-0.25, -0.2) is 0 Å². The molecule has 1 aliphatic carbocycles. The third-order valence-electron chi connectivity index (χ3n) is 3.17. The van der Waals surface area contributed by atoms with Gasteiger partial charge in [0.15, 0.2) is 5.78 Å². The van der Waals surface area contributed by atoms with Crippen molar-refractivity contribution in [2.24, 2.45) is 5.92 Å². The van der Waals surface area contributed by atoms with Crippen LogP contribution >= 0.6 is 0 Å². The first-order valence-corrected chi connectivity index (χ1v) is 4.82. The van der Waals surface area contributed by atoms with Gasteiger partial charge in [-0.2, -0.15) is 0 Å². The molecular formula is C10H18O2. The number of hydrogen-bond donors (Lipinski definition) is 1. The zero-order valence-corrected chi connectivity index (χ0v) is 7.97. The topological polar surface area (TPSA) is 37.3 Å². The summed E-state index contributed by atoms with van der Waals surface area (Å²) in [5, 5.41) is 9.81. The Morgan fingerprint density at radius 3 is 2.33 bits per heavy atom. The summed E-state index contributed by atoms with van der Waals surface area (Å²) < 4.78 is 0. The van der Waals surface area contributed by atoms with Gasteiger partial charge in [-0.3, -0.25) is 4.79 Å². The van der Waals surface area contributed by atoms with E-state index in [2.05, 4.69) is 6.92 Å². The number of rotatable bonds is 2. The van der Waals surface area contributed by atoms with Gasteiger partial charge in [0.2, 0.25) is 0 Å². The van der Waals surface area contributed by atoms with Gasteiger partial charge in [0.1, 0.15) is 5.60 Å². The highest BCUT2D eigenvalue weighted by atomic mass is 16.3. The van der Waals surface area contributed by atoms with E-state index in [1.807, 2.05) is 0 Å². The van der Waals surface area contributed by atoms with Crippen LogP contribution in [0.2, 0.25) is 0 Å². The smallest absolute Gasteiger partial charge is 0.161 e. The molecule has 0 bridgehead atoms. The summed E-state index contributed by atoms with van der Waals surface area (Å²) >= 11 is 0. The molecule has 0 unspecified atom stereocenters. The van der Waals surface area contributed by atoms with Crippen molar-refractivity contribution in [1.29, 1.82) is 0 Å². The first kappa shape index (κ1) is 9.72. The fourth-order valence-corrected chi connectivity index (χ4v) is 1.92. The van der Waals surface area contributed by atoms with Crippen LogP contribution in [0.3, 0.4) is 0 Å². The van der Waals surface area contributed by atoms with E-state index in [0.29, 0.717) is 12.8 Å². The average Bonchev–Trinajstić information content (AvgIpc) is 2.06. The Bertz CT molecular complexity index is 167. The van der Waals surface area contributed by atoms with Crippen molar-refractivity contribution in [2.75, 3.05) is 0 Å². The minimum absolute atomic E-state index is 0.0583. The summed E-state index contributed by atoms with van der Waals surface area (Å²) in [7, 11) is 0. The van der Waals surface area contributed by atoms with E-state index < -0.39 is 5.60 Å². The predicted octanol–water partition coefficient (Wildman–Crippen LogP) is 1.91. The zero-order valence-electron chi connectivity index (χ0n) is 7.97. The molecule has 1 fully saturated rings. The minimum Gasteiger partial charge on any atom is -0.382 e. The lowest BCUT2D eigenvalue weighted by atomic mass is 9.76. The lowest BCUT2D eigenvalue weighted by Crippen LogP contribution is -2.40. The summed E-state index contributed by atoms with van der Waals surface area (Å²) in [6.07, 6.45) is 4.52. The SMILES string of the molecule is CCC1CCC(O)(C(C)=O)CC1. The Hall–Kier alpha value is -0.370. The van der Waals surface area contributed by atoms with E-state index in [-0.39, 0.29) is 5.78 Å². The van der Waals surface area contributed by atoms with Gasteiger partial charge >= 0.3 is 0 Å². The molecule has 0 aromatic heterocycles. The van der Waals surface area contributed by atoms with Crippen LogP contribution in [0, 0.1) is 5.92 Å². The molecule has 0 radical (unpaired) electrons. The maximum Gasteiger partial charge on any atom is 0.161 e. The van der Waals surface area contributed by atoms with Crippen LogP contribution in [0.4, 0.5) is 0 Å². The van der Waals surface area contributed by atoms with Gasteiger partial charge in [-0.15, -0.1) is 0 Å². The number of Topliss-reactive ketones (excluding diaryl/α,β-unsaturated/α-hetero) is 1. The van der Waals surface area contributed by atoms with E-state index in [9.17, 15) is 9.90 Å². The quantitative estimate of drug-likeness (QED) is 0.687. The van der Waals surface area contributed by atoms with Crippen molar-refractivity contribution in [3.63, 3.8) is 0 Å². The molecule has 2 heteroatoms. The van der Waals surface area contributed by atoms with Crippen LogP contribution in [0.15, 0.2) is 0 Å². The summed E-state index contributed by atoms with van der Waals surface area (Å²) in [4.78, 5) is 11.1. The maximum atomic E-state index is 11.1. The minimum atomic E-state index is -0.980. The summed E-state index contributed by atoms with van der Waals surface area (Å²) in [5.41, 5.74) is -0.980. The van der Waals surface area contributed by atoms with Crippen LogP contribution < -0.4 is 0 Å². The average molecular weight is 170 g/mol. The molecule has 0 heterocycles. The Kier molecular flexibility index (Phi) is 2.89. The second-order valence-corrected chi connectivity index (χ2v) is 3.94. The zero-order chi connectivity index (χ0) is 9.19. The van der Waals surface area contributed by atoms with Crippen LogP contribution in [0.25, 0.3) is 0 Å². The molecule has 12 heavy (non-hydrogen) atoms. The molecule has 0 saturated heterocycles. The van der Waals surface area contributed by atoms with E-state index in [0.717, 1.165) is 18.8 Å². The maximum absolute atomic E-state index is 11.1.